The summed E-state index contributed by atoms with van der Waals surface area (Å²) in [5, 5.41) is 4.90. The molecule has 0 saturated carbocycles. The molecule has 3 aromatic rings. The number of methoxy groups -OCH3 is 2. The van der Waals surface area contributed by atoms with E-state index in [1.54, 1.807) is 31.4 Å². The number of carbonyl (C=O) groups is 2. The second kappa shape index (κ2) is 10.7. The van der Waals surface area contributed by atoms with E-state index in [2.05, 4.69) is 21.2 Å². The number of nitrogens with one attached hydrogen (secondary N) is 1. The van der Waals surface area contributed by atoms with Crippen molar-refractivity contribution in [3.05, 3.63) is 94.0 Å². The molecule has 0 spiro atoms. The first kappa shape index (κ1) is 22.5. The number of ether oxygens (including phenoxy) is 2. The largest absolute Gasteiger partial charge is 0.497 e. The first-order valence-electron chi connectivity index (χ1n) is 9.71. The number of benzene rings is 3. The fraction of sp³-hybridized carbons (Fsp3) is 0.167. The van der Waals surface area contributed by atoms with Gasteiger partial charge in [0.05, 0.1) is 19.9 Å². The summed E-state index contributed by atoms with van der Waals surface area (Å²) in [7, 11) is 2.95. The Morgan fingerprint density at radius 2 is 1.71 bits per heavy atom. The first-order chi connectivity index (χ1) is 15.0. The molecular formula is C24H24BrN2O4+. The summed E-state index contributed by atoms with van der Waals surface area (Å²) in [6.07, 6.45) is 0. The van der Waals surface area contributed by atoms with Gasteiger partial charge in [0.1, 0.15) is 11.8 Å². The van der Waals surface area contributed by atoms with Crippen LogP contribution in [0.15, 0.2) is 77.3 Å². The van der Waals surface area contributed by atoms with Crippen LogP contribution in [0.2, 0.25) is 0 Å². The molecule has 0 aromatic heterocycles. The molecule has 0 unspecified atom stereocenters. The van der Waals surface area contributed by atoms with Crippen molar-refractivity contribution in [3.63, 3.8) is 0 Å². The van der Waals surface area contributed by atoms with Crippen molar-refractivity contribution in [2.45, 2.75) is 6.04 Å². The molecule has 3 N–H and O–H groups in total. The minimum atomic E-state index is -0.320. The van der Waals surface area contributed by atoms with Gasteiger partial charge in [-0.05, 0) is 42.5 Å². The molecule has 0 saturated heterocycles. The van der Waals surface area contributed by atoms with Crippen LogP contribution in [0.4, 0.5) is 5.69 Å². The van der Waals surface area contributed by atoms with E-state index in [4.69, 9.17) is 9.47 Å². The maximum absolute atomic E-state index is 12.9. The summed E-state index contributed by atoms with van der Waals surface area (Å²) >= 11 is 3.53. The van der Waals surface area contributed by atoms with Gasteiger partial charge in [-0.15, -0.1) is 0 Å². The number of halogens is 1. The van der Waals surface area contributed by atoms with Gasteiger partial charge in [0.2, 0.25) is 0 Å². The molecule has 1 amide bonds. The average Bonchev–Trinajstić information content (AvgIpc) is 2.81. The van der Waals surface area contributed by atoms with E-state index < -0.39 is 0 Å². The van der Waals surface area contributed by atoms with E-state index in [1.165, 1.54) is 7.11 Å². The Bertz CT molecular complexity index is 1040. The van der Waals surface area contributed by atoms with Crippen molar-refractivity contribution in [1.29, 1.82) is 0 Å². The zero-order valence-electron chi connectivity index (χ0n) is 17.3. The molecule has 1 atom stereocenters. The lowest BCUT2D eigenvalue weighted by atomic mass is 9.96. The SMILES string of the molecule is COC(=O)C[NH2+][C@H](c1ccccc1)c1cc(Br)ccc1NC(=O)c1ccc(OC)cc1. The number of quaternary nitrogens is 1. The fourth-order valence-electron chi connectivity index (χ4n) is 3.24. The maximum atomic E-state index is 12.9. The highest BCUT2D eigenvalue weighted by molar-refractivity contribution is 9.10. The number of esters is 1. The van der Waals surface area contributed by atoms with Gasteiger partial charge in [-0.25, -0.2) is 4.79 Å². The van der Waals surface area contributed by atoms with Gasteiger partial charge in [0.25, 0.3) is 5.91 Å². The van der Waals surface area contributed by atoms with Gasteiger partial charge in [0, 0.05) is 21.2 Å². The molecule has 0 aliphatic rings. The van der Waals surface area contributed by atoms with E-state index in [1.807, 2.05) is 53.8 Å². The van der Waals surface area contributed by atoms with Crippen LogP contribution in [-0.2, 0) is 9.53 Å². The smallest absolute Gasteiger partial charge is 0.361 e. The molecule has 0 fully saturated rings. The Morgan fingerprint density at radius 3 is 2.35 bits per heavy atom. The van der Waals surface area contributed by atoms with Gasteiger partial charge < -0.3 is 20.1 Å². The quantitative estimate of drug-likeness (QED) is 0.480. The third-order valence-electron chi connectivity index (χ3n) is 4.86. The van der Waals surface area contributed by atoms with Gasteiger partial charge in [-0.3, -0.25) is 4.79 Å². The number of hydrogen-bond donors (Lipinski definition) is 2. The van der Waals surface area contributed by atoms with Crippen molar-refractivity contribution >= 4 is 33.5 Å². The van der Waals surface area contributed by atoms with Crippen molar-refractivity contribution < 1.29 is 24.4 Å². The molecule has 0 heterocycles. The minimum absolute atomic E-state index is 0.147. The van der Waals surface area contributed by atoms with E-state index in [9.17, 15) is 9.59 Å². The molecule has 160 valence electrons. The molecule has 0 aliphatic heterocycles. The molecule has 3 rings (SSSR count). The molecular weight excluding hydrogens is 460 g/mol. The Morgan fingerprint density at radius 1 is 1.00 bits per heavy atom. The highest BCUT2D eigenvalue weighted by Crippen LogP contribution is 2.29. The molecule has 31 heavy (non-hydrogen) atoms. The predicted molar refractivity (Wildman–Crippen MR) is 122 cm³/mol. The summed E-state index contributed by atoms with van der Waals surface area (Å²) in [5.74, 6) is 0.133. The summed E-state index contributed by atoms with van der Waals surface area (Å²) in [6.45, 7) is 0.147. The van der Waals surface area contributed by atoms with Crippen LogP contribution in [0, 0.1) is 0 Å². The number of nitrogens with two attached hydrogens (primary N) is 1. The van der Waals surface area contributed by atoms with Crippen molar-refractivity contribution in [2.24, 2.45) is 0 Å². The van der Waals surface area contributed by atoms with Gasteiger partial charge in [-0.2, -0.15) is 0 Å². The highest BCUT2D eigenvalue weighted by atomic mass is 79.9. The van der Waals surface area contributed by atoms with Crippen LogP contribution in [0.25, 0.3) is 0 Å². The Balaban J connectivity index is 1.94. The van der Waals surface area contributed by atoms with Crippen LogP contribution in [0.1, 0.15) is 27.5 Å². The predicted octanol–water partition coefficient (Wildman–Crippen LogP) is 3.54. The normalized spacial score (nSPS) is 11.5. The summed E-state index contributed by atoms with van der Waals surface area (Å²) < 4.78 is 10.8. The summed E-state index contributed by atoms with van der Waals surface area (Å²) in [6, 6.07) is 22.2. The molecule has 0 aliphatic carbocycles. The second-order valence-corrected chi connectivity index (χ2v) is 7.73. The maximum Gasteiger partial charge on any atom is 0.361 e. The van der Waals surface area contributed by atoms with Crippen LogP contribution >= 0.6 is 15.9 Å². The van der Waals surface area contributed by atoms with E-state index in [0.29, 0.717) is 17.0 Å². The lowest BCUT2D eigenvalue weighted by Crippen LogP contribution is -2.87. The van der Waals surface area contributed by atoms with Gasteiger partial charge in [0.15, 0.2) is 6.54 Å². The number of carbonyl (C=O) groups excluding carboxylic acids is 2. The van der Waals surface area contributed by atoms with E-state index in [0.717, 1.165) is 15.6 Å². The molecule has 0 radical (unpaired) electrons. The van der Waals surface area contributed by atoms with Crippen LogP contribution in [0.3, 0.4) is 0 Å². The average molecular weight is 484 g/mol. The van der Waals surface area contributed by atoms with Crippen molar-refractivity contribution in [2.75, 3.05) is 26.1 Å². The topological polar surface area (TPSA) is 81.2 Å². The lowest BCUT2D eigenvalue weighted by Gasteiger charge is -2.20. The van der Waals surface area contributed by atoms with Gasteiger partial charge in [-0.1, -0.05) is 46.3 Å². The van der Waals surface area contributed by atoms with Crippen molar-refractivity contribution in [1.82, 2.24) is 0 Å². The third kappa shape index (κ3) is 5.93. The lowest BCUT2D eigenvalue weighted by molar-refractivity contribution is -0.677. The third-order valence-corrected chi connectivity index (χ3v) is 5.35. The monoisotopic (exact) mass is 483 g/mol. The van der Waals surface area contributed by atoms with Gasteiger partial charge >= 0.3 is 5.97 Å². The Hall–Kier alpha value is -3.16. The van der Waals surface area contributed by atoms with Crippen LogP contribution in [0.5, 0.6) is 5.75 Å². The zero-order chi connectivity index (χ0) is 22.2. The Kier molecular flexibility index (Phi) is 7.81. The molecule has 3 aromatic carbocycles. The molecule has 0 bridgehead atoms. The number of hydrogen-bond acceptors (Lipinski definition) is 4. The molecule has 6 nitrogen and oxygen atoms in total. The van der Waals surface area contributed by atoms with E-state index >= 15 is 0 Å². The standard InChI is InChI=1S/C24H23BrN2O4/c1-30-19-11-8-17(9-12-19)24(29)27-21-13-10-18(25)14-20(21)23(26-15-22(28)31-2)16-6-4-3-5-7-16/h3-14,23,26H,15H2,1-2H3,(H,27,29)/p+1/t23-/m1/s1. The summed E-state index contributed by atoms with van der Waals surface area (Å²) in [5.41, 5.74) is 3.05. The Labute approximate surface area is 189 Å². The highest BCUT2D eigenvalue weighted by Gasteiger charge is 2.23. The van der Waals surface area contributed by atoms with Crippen LogP contribution in [-0.4, -0.2) is 32.6 Å². The number of anilines is 1. The minimum Gasteiger partial charge on any atom is -0.497 e. The van der Waals surface area contributed by atoms with Crippen LogP contribution < -0.4 is 15.4 Å². The van der Waals surface area contributed by atoms with Crippen molar-refractivity contribution in [3.8, 4) is 5.75 Å². The first-order valence-corrected chi connectivity index (χ1v) is 10.5. The number of rotatable bonds is 8. The second-order valence-electron chi connectivity index (χ2n) is 6.82. The molecule has 7 heteroatoms. The zero-order valence-corrected chi connectivity index (χ0v) is 18.9. The number of amides is 1. The van der Waals surface area contributed by atoms with E-state index in [-0.39, 0.29) is 24.5 Å². The summed E-state index contributed by atoms with van der Waals surface area (Å²) in [4.78, 5) is 24.7. The fourth-order valence-corrected chi connectivity index (χ4v) is 3.62.